The molecule has 0 aliphatic heterocycles. The molecule has 0 amide bonds. The van der Waals surface area contributed by atoms with Crippen LogP contribution in [-0.2, 0) is 5.41 Å². The van der Waals surface area contributed by atoms with Crippen molar-refractivity contribution in [3.05, 3.63) is 46.2 Å². The van der Waals surface area contributed by atoms with Gasteiger partial charge in [0.05, 0.1) is 23.0 Å². The van der Waals surface area contributed by atoms with Gasteiger partial charge in [0.25, 0.3) is 0 Å². The van der Waals surface area contributed by atoms with Gasteiger partial charge >= 0.3 is 0 Å². The molecule has 4 heterocycles. The number of fused-ring (bicyclic) bond motifs is 3. The van der Waals surface area contributed by atoms with Crippen molar-refractivity contribution in [2.45, 2.75) is 176 Å². The third-order valence-corrected chi connectivity index (χ3v) is 17.4. The second-order valence-corrected chi connectivity index (χ2v) is 20.6. The van der Waals surface area contributed by atoms with Crippen molar-refractivity contribution in [3.63, 3.8) is 0 Å². The van der Waals surface area contributed by atoms with Crippen molar-refractivity contribution in [2.75, 3.05) is 13.2 Å². The molecular weight excluding hydrogens is 749 g/mol. The molecule has 306 valence electrons. The first-order chi connectivity index (χ1) is 26.9. The SMILES string of the molecule is CCCCC(CC)COc1ccsc1-c1cc2c(s1)-c1sc(-c3sccc3OCC(CC)CCCC)cc1C2(CC(CC)CCCC)CC(CC)CCCC. The third-order valence-electron chi connectivity index (χ3n) is 12.8. The molecule has 2 nitrogen and oxygen atoms in total. The number of thiophene rings is 4. The Kier molecular flexibility index (Phi) is 18.2. The van der Waals surface area contributed by atoms with Crippen molar-refractivity contribution in [1.29, 1.82) is 0 Å². The van der Waals surface area contributed by atoms with Gasteiger partial charge in [-0.05, 0) is 95.5 Å². The van der Waals surface area contributed by atoms with Gasteiger partial charge in [-0.15, -0.1) is 45.3 Å². The summed E-state index contributed by atoms with van der Waals surface area (Å²) < 4.78 is 13.4. The molecule has 4 unspecified atom stereocenters. The lowest BCUT2D eigenvalue weighted by atomic mass is 9.65. The van der Waals surface area contributed by atoms with Crippen LogP contribution in [0.2, 0.25) is 0 Å². The Balaban J connectivity index is 1.60. The lowest BCUT2D eigenvalue weighted by molar-refractivity contribution is 0.235. The van der Waals surface area contributed by atoms with E-state index >= 15 is 0 Å². The van der Waals surface area contributed by atoms with Gasteiger partial charge in [0, 0.05) is 24.9 Å². The first-order valence-corrected chi connectivity index (χ1v) is 26.0. The number of hydrogen-bond acceptors (Lipinski definition) is 6. The van der Waals surface area contributed by atoms with Gasteiger partial charge in [0.1, 0.15) is 11.5 Å². The van der Waals surface area contributed by atoms with Crippen molar-refractivity contribution in [2.24, 2.45) is 23.7 Å². The van der Waals surface area contributed by atoms with Gasteiger partial charge in [0.2, 0.25) is 0 Å². The summed E-state index contributed by atoms with van der Waals surface area (Å²) in [6, 6.07) is 9.77. The quantitative estimate of drug-likeness (QED) is 0.0568. The maximum atomic E-state index is 6.70. The largest absolute Gasteiger partial charge is 0.492 e. The molecule has 0 bridgehead atoms. The first-order valence-electron chi connectivity index (χ1n) is 22.6. The molecular formula is C49H74O2S4. The van der Waals surface area contributed by atoms with Crippen molar-refractivity contribution in [1.82, 2.24) is 0 Å². The van der Waals surface area contributed by atoms with E-state index in [1.807, 2.05) is 22.7 Å². The monoisotopic (exact) mass is 822 g/mol. The fourth-order valence-corrected chi connectivity index (χ4v) is 13.6. The minimum absolute atomic E-state index is 0.0362. The predicted molar refractivity (Wildman–Crippen MR) is 248 cm³/mol. The summed E-state index contributed by atoms with van der Waals surface area (Å²) in [5.74, 6) is 4.87. The smallest absolute Gasteiger partial charge is 0.138 e. The maximum Gasteiger partial charge on any atom is 0.138 e. The van der Waals surface area contributed by atoms with E-state index in [0.717, 1.165) is 36.5 Å². The molecule has 0 radical (unpaired) electrons. The minimum Gasteiger partial charge on any atom is -0.492 e. The van der Waals surface area contributed by atoms with E-state index in [2.05, 4.69) is 113 Å². The fourth-order valence-electron chi connectivity index (χ4n) is 8.99. The van der Waals surface area contributed by atoms with Gasteiger partial charge in [-0.2, -0.15) is 0 Å². The molecule has 4 aromatic rings. The van der Waals surface area contributed by atoms with Crippen LogP contribution in [0.5, 0.6) is 11.5 Å². The van der Waals surface area contributed by atoms with Crippen LogP contribution in [-0.4, -0.2) is 13.2 Å². The highest BCUT2D eigenvalue weighted by molar-refractivity contribution is 7.28. The zero-order valence-electron chi connectivity index (χ0n) is 35.9. The highest BCUT2D eigenvalue weighted by Gasteiger charge is 2.48. The third kappa shape index (κ3) is 10.9. The lowest BCUT2D eigenvalue weighted by Gasteiger charge is -2.37. The normalized spacial score (nSPS) is 17.2. The molecule has 0 saturated carbocycles. The molecule has 6 heteroatoms. The van der Waals surface area contributed by atoms with Gasteiger partial charge in [-0.25, -0.2) is 0 Å². The van der Waals surface area contributed by atoms with Crippen molar-refractivity contribution >= 4 is 45.3 Å². The van der Waals surface area contributed by atoms with Crippen LogP contribution in [0.1, 0.15) is 182 Å². The summed E-state index contributed by atoms with van der Waals surface area (Å²) in [6.45, 7) is 20.5. The standard InChI is InChI=1S/C49H74O2S4/c1-9-17-21-35(13-5)31-49(32-36(14-6)22-18-10-2)39-29-43(47-41(25-27-52-47)50-33-37(15-7)23-19-11-3)54-45(39)46-40(49)30-44(55-46)48-42(26-28-53-48)51-34-38(16-8)24-20-12-4/h25-30,35-38H,9-24,31-34H2,1-8H3. The number of ether oxygens (including phenoxy) is 2. The van der Waals surface area contributed by atoms with Crippen LogP contribution in [0.3, 0.4) is 0 Å². The molecule has 5 rings (SSSR count). The van der Waals surface area contributed by atoms with Crippen molar-refractivity contribution < 1.29 is 9.47 Å². The Bertz CT molecular complexity index is 1550. The highest BCUT2D eigenvalue weighted by Crippen LogP contribution is 2.64. The molecule has 4 atom stereocenters. The van der Waals surface area contributed by atoms with Crippen LogP contribution >= 0.6 is 45.3 Å². The summed E-state index contributed by atoms with van der Waals surface area (Å²) in [6.07, 6.45) is 22.8. The van der Waals surface area contributed by atoms with Crippen LogP contribution in [0, 0.1) is 23.7 Å². The van der Waals surface area contributed by atoms with Gasteiger partial charge in [-0.1, -0.05) is 145 Å². The molecule has 0 aromatic carbocycles. The Labute approximate surface area is 352 Å². The molecule has 0 N–H and O–H groups in total. The summed E-state index contributed by atoms with van der Waals surface area (Å²) in [5, 5.41) is 4.51. The number of unbranched alkanes of at least 4 members (excludes halogenated alkanes) is 4. The molecule has 0 fully saturated rings. The predicted octanol–water partition coefficient (Wildman–Crippen LogP) is 17.9. The number of rotatable bonds is 28. The summed E-state index contributed by atoms with van der Waals surface area (Å²) in [4.78, 5) is 8.54. The fraction of sp³-hybridized carbons (Fsp3) is 0.673. The molecule has 55 heavy (non-hydrogen) atoms. The Morgan fingerprint density at radius 2 is 0.855 bits per heavy atom. The van der Waals surface area contributed by atoms with Gasteiger partial charge in [-0.3, -0.25) is 0 Å². The van der Waals surface area contributed by atoms with Gasteiger partial charge < -0.3 is 9.47 Å². The average molecular weight is 823 g/mol. The molecule has 1 aliphatic carbocycles. The molecule has 0 spiro atoms. The lowest BCUT2D eigenvalue weighted by Crippen LogP contribution is -2.31. The average Bonchev–Trinajstić information content (AvgIpc) is 4.05. The van der Waals surface area contributed by atoms with E-state index in [0.29, 0.717) is 11.8 Å². The van der Waals surface area contributed by atoms with Crippen LogP contribution < -0.4 is 9.47 Å². The Hall–Kier alpha value is -1.60. The summed E-state index contributed by atoms with van der Waals surface area (Å²) in [7, 11) is 0. The van der Waals surface area contributed by atoms with Crippen LogP contribution in [0.15, 0.2) is 35.0 Å². The minimum atomic E-state index is 0.0362. The first kappa shape index (κ1) is 44.5. The summed E-state index contributed by atoms with van der Waals surface area (Å²) in [5.41, 5.74) is 3.29. The van der Waals surface area contributed by atoms with E-state index in [1.54, 1.807) is 11.1 Å². The zero-order valence-corrected chi connectivity index (χ0v) is 39.1. The van der Waals surface area contributed by atoms with Gasteiger partial charge in [0.15, 0.2) is 0 Å². The summed E-state index contributed by atoms with van der Waals surface area (Å²) >= 11 is 7.84. The van der Waals surface area contributed by atoms with E-state index in [4.69, 9.17) is 9.47 Å². The van der Waals surface area contributed by atoms with E-state index < -0.39 is 0 Å². The number of hydrogen-bond donors (Lipinski definition) is 0. The van der Waals surface area contributed by atoms with Crippen LogP contribution in [0.25, 0.3) is 29.3 Å². The molecule has 0 saturated heterocycles. The van der Waals surface area contributed by atoms with E-state index in [-0.39, 0.29) is 5.41 Å². The van der Waals surface area contributed by atoms with E-state index in [1.165, 1.54) is 145 Å². The maximum absolute atomic E-state index is 6.70. The molecule has 4 aromatic heterocycles. The topological polar surface area (TPSA) is 18.5 Å². The van der Waals surface area contributed by atoms with E-state index in [9.17, 15) is 0 Å². The zero-order chi connectivity index (χ0) is 39.2. The highest BCUT2D eigenvalue weighted by atomic mass is 32.1. The van der Waals surface area contributed by atoms with Crippen molar-refractivity contribution in [3.8, 4) is 40.8 Å². The second kappa shape index (κ2) is 22.5. The second-order valence-electron chi connectivity index (χ2n) is 16.7. The Morgan fingerprint density at radius 3 is 1.20 bits per heavy atom. The molecule has 1 aliphatic rings. The Morgan fingerprint density at radius 1 is 0.491 bits per heavy atom. The van der Waals surface area contributed by atoms with Crippen LogP contribution in [0.4, 0.5) is 0 Å².